The predicted molar refractivity (Wildman–Crippen MR) is 41.3 cm³/mol. The van der Waals surface area contributed by atoms with Gasteiger partial charge in [-0.1, -0.05) is 13.5 Å². The number of ether oxygens (including phenoxy) is 1. The third-order valence-corrected chi connectivity index (χ3v) is 1.77. The second-order valence-electron chi connectivity index (χ2n) is 2.60. The van der Waals surface area contributed by atoms with Crippen molar-refractivity contribution in [3.63, 3.8) is 0 Å². The zero-order valence-electron chi connectivity index (χ0n) is 7.53. The van der Waals surface area contributed by atoms with Crippen molar-refractivity contribution < 1.29 is 27.1 Å². The van der Waals surface area contributed by atoms with Crippen molar-refractivity contribution in [2.45, 2.75) is 25.1 Å². The highest BCUT2D eigenvalue weighted by molar-refractivity contribution is 5.81. The van der Waals surface area contributed by atoms with Crippen molar-refractivity contribution in [1.82, 2.24) is 0 Å². The smallest absolute Gasteiger partial charge is 0.430 e. The fourth-order valence-corrected chi connectivity index (χ4v) is 0.762. The van der Waals surface area contributed by atoms with Gasteiger partial charge >= 0.3 is 12.1 Å². The zero-order chi connectivity index (χ0) is 11.4. The van der Waals surface area contributed by atoms with Gasteiger partial charge in [0.1, 0.15) is 6.67 Å². The topological polar surface area (TPSA) is 26.3 Å². The standard InChI is InChI=1S/C8H10F4O2/c1-3-6(13)14-7(4-2,5-9)8(10,11)12/h3H,1,4-5H2,2H3. The molecule has 0 fully saturated rings. The van der Waals surface area contributed by atoms with E-state index >= 15 is 0 Å². The molecule has 0 aromatic rings. The Morgan fingerprint density at radius 2 is 2.00 bits per heavy atom. The number of carbonyl (C=O) groups is 1. The third-order valence-electron chi connectivity index (χ3n) is 1.77. The molecule has 0 aliphatic carbocycles. The Morgan fingerprint density at radius 3 is 2.21 bits per heavy atom. The SMILES string of the molecule is C=CC(=O)OC(CC)(CF)C(F)(F)F. The van der Waals surface area contributed by atoms with Gasteiger partial charge in [0.15, 0.2) is 0 Å². The van der Waals surface area contributed by atoms with E-state index in [0.29, 0.717) is 6.08 Å². The van der Waals surface area contributed by atoms with Crippen LogP contribution < -0.4 is 0 Å². The Labute approximate surface area is 78.5 Å². The summed E-state index contributed by atoms with van der Waals surface area (Å²) in [6.07, 6.45) is -5.03. The van der Waals surface area contributed by atoms with Crippen LogP contribution in [0.5, 0.6) is 0 Å². The molecule has 0 aromatic carbocycles. The van der Waals surface area contributed by atoms with E-state index in [1.54, 1.807) is 0 Å². The molecule has 0 aromatic heterocycles. The van der Waals surface area contributed by atoms with Crippen molar-refractivity contribution in [2.24, 2.45) is 0 Å². The van der Waals surface area contributed by atoms with E-state index < -0.39 is 30.8 Å². The zero-order valence-corrected chi connectivity index (χ0v) is 7.53. The summed E-state index contributed by atoms with van der Waals surface area (Å²) in [5.74, 6) is -1.29. The van der Waals surface area contributed by atoms with Crippen LogP contribution in [0, 0.1) is 0 Å². The van der Waals surface area contributed by atoms with Crippen molar-refractivity contribution in [2.75, 3.05) is 6.67 Å². The fraction of sp³-hybridized carbons (Fsp3) is 0.625. The first-order valence-corrected chi connectivity index (χ1v) is 3.81. The van der Waals surface area contributed by atoms with E-state index in [4.69, 9.17) is 0 Å². The number of hydrogen-bond donors (Lipinski definition) is 0. The molecule has 0 bridgehead atoms. The Hall–Kier alpha value is -1.07. The quantitative estimate of drug-likeness (QED) is 0.408. The van der Waals surface area contributed by atoms with Crippen molar-refractivity contribution in [3.8, 4) is 0 Å². The van der Waals surface area contributed by atoms with Gasteiger partial charge in [-0.2, -0.15) is 13.2 Å². The number of carbonyl (C=O) groups excluding carboxylic acids is 1. The minimum Gasteiger partial charge on any atom is -0.443 e. The summed E-state index contributed by atoms with van der Waals surface area (Å²) in [5.41, 5.74) is -3.04. The average Bonchev–Trinajstić information content (AvgIpc) is 2.11. The van der Waals surface area contributed by atoms with Crippen molar-refractivity contribution in [3.05, 3.63) is 12.7 Å². The Morgan fingerprint density at radius 1 is 1.50 bits per heavy atom. The van der Waals surface area contributed by atoms with E-state index in [0.717, 1.165) is 6.92 Å². The molecule has 14 heavy (non-hydrogen) atoms. The normalized spacial score (nSPS) is 15.8. The van der Waals surface area contributed by atoms with Gasteiger partial charge in [-0.3, -0.25) is 0 Å². The summed E-state index contributed by atoms with van der Waals surface area (Å²) in [4.78, 5) is 10.6. The molecule has 0 radical (unpaired) electrons. The highest BCUT2D eigenvalue weighted by Gasteiger charge is 2.57. The lowest BCUT2D eigenvalue weighted by Gasteiger charge is -2.31. The molecule has 0 N–H and O–H groups in total. The van der Waals surface area contributed by atoms with Gasteiger partial charge in [-0.25, -0.2) is 9.18 Å². The van der Waals surface area contributed by atoms with Gasteiger partial charge < -0.3 is 4.74 Å². The van der Waals surface area contributed by atoms with Crippen LogP contribution in [-0.4, -0.2) is 24.4 Å². The van der Waals surface area contributed by atoms with Gasteiger partial charge in [-0.15, -0.1) is 0 Å². The maximum absolute atomic E-state index is 12.3. The molecule has 2 nitrogen and oxygen atoms in total. The molecule has 0 amide bonds. The number of hydrogen-bond acceptors (Lipinski definition) is 2. The molecular formula is C8H10F4O2. The van der Waals surface area contributed by atoms with E-state index in [-0.39, 0.29) is 0 Å². The van der Waals surface area contributed by atoms with Crippen LogP contribution in [0.2, 0.25) is 0 Å². The maximum atomic E-state index is 12.3. The van der Waals surface area contributed by atoms with Crippen LogP contribution in [0.1, 0.15) is 13.3 Å². The molecule has 0 aliphatic rings. The first-order valence-electron chi connectivity index (χ1n) is 3.81. The largest absolute Gasteiger partial charge is 0.443 e. The molecule has 6 heteroatoms. The minimum absolute atomic E-state index is 0.561. The Balaban J connectivity index is 4.89. The summed E-state index contributed by atoms with van der Waals surface area (Å²) >= 11 is 0. The number of rotatable bonds is 4. The van der Waals surface area contributed by atoms with E-state index in [1.165, 1.54) is 0 Å². The van der Waals surface area contributed by atoms with Gasteiger partial charge in [0.05, 0.1) is 0 Å². The van der Waals surface area contributed by atoms with Crippen molar-refractivity contribution >= 4 is 5.97 Å². The molecule has 0 heterocycles. The predicted octanol–water partition coefficient (Wildman–Crippen LogP) is 2.40. The van der Waals surface area contributed by atoms with E-state index in [1.807, 2.05) is 0 Å². The van der Waals surface area contributed by atoms with Gasteiger partial charge in [0, 0.05) is 6.08 Å². The Kier molecular flexibility index (Phi) is 4.09. The van der Waals surface area contributed by atoms with Crippen LogP contribution in [0.3, 0.4) is 0 Å². The second kappa shape index (κ2) is 4.43. The van der Waals surface area contributed by atoms with E-state index in [2.05, 4.69) is 11.3 Å². The lowest BCUT2D eigenvalue weighted by atomic mass is 10.0. The van der Waals surface area contributed by atoms with Crippen LogP contribution in [0.25, 0.3) is 0 Å². The molecule has 0 saturated heterocycles. The molecule has 0 rings (SSSR count). The monoisotopic (exact) mass is 214 g/mol. The van der Waals surface area contributed by atoms with Crippen molar-refractivity contribution in [1.29, 1.82) is 0 Å². The summed E-state index contributed by atoms with van der Waals surface area (Å²) in [6.45, 7) is 2.22. The summed E-state index contributed by atoms with van der Waals surface area (Å²) in [5, 5.41) is 0. The molecule has 0 aliphatic heterocycles. The number of alkyl halides is 4. The third kappa shape index (κ3) is 2.46. The molecule has 1 unspecified atom stereocenters. The number of halogens is 4. The highest BCUT2D eigenvalue weighted by Crippen LogP contribution is 2.37. The molecule has 0 saturated carbocycles. The molecule has 0 spiro atoms. The lowest BCUT2D eigenvalue weighted by molar-refractivity contribution is -0.273. The summed E-state index contributed by atoms with van der Waals surface area (Å²) in [6, 6.07) is 0. The van der Waals surface area contributed by atoms with Crippen LogP contribution in [0.15, 0.2) is 12.7 Å². The maximum Gasteiger partial charge on any atom is 0.430 e. The average molecular weight is 214 g/mol. The van der Waals surface area contributed by atoms with Crippen LogP contribution in [0.4, 0.5) is 17.6 Å². The molecular weight excluding hydrogens is 204 g/mol. The highest BCUT2D eigenvalue weighted by atomic mass is 19.4. The molecule has 82 valence electrons. The van der Waals surface area contributed by atoms with Gasteiger partial charge in [0.25, 0.3) is 0 Å². The van der Waals surface area contributed by atoms with Crippen LogP contribution >= 0.6 is 0 Å². The van der Waals surface area contributed by atoms with Gasteiger partial charge in [-0.05, 0) is 6.42 Å². The summed E-state index contributed by atoms with van der Waals surface area (Å²) in [7, 11) is 0. The van der Waals surface area contributed by atoms with Crippen LogP contribution in [-0.2, 0) is 9.53 Å². The first-order chi connectivity index (χ1) is 6.33. The summed E-state index contributed by atoms with van der Waals surface area (Å²) < 4.78 is 53.2. The van der Waals surface area contributed by atoms with E-state index in [9.17, 15) is 22.4 Å². The fourth-order valence-electron chi connectivity index (χ4n) is 0.762. The minimum atomic E-state index is -4.92. The Bertz CT molecular complexity index is 218. The lowest BCUT2D eigenvalue weighted by Crippen LogP contribution is -2.50. The second-order valence-corrected chi connectivity index (χ2v) is 2.60. The first kappa shape index (κ1) is 12.9. The van der Waals surface area contributed by atoms with Gasteiger partial charge in [0.2, 0.25) is 5.60 Å². The molecule has 1 atom stereocenters. The number of esters is 1.